The third kappa shape index (κ3) is 5.47. The van der Waals surface area contributed by atoms with Crippen LogP contribution in [0.25, 0.3) is 0 Å². The van der Waals surface area contributed by atoms with Gasteiger partial charge >= 0.3 is 6.18 Å². The monoisotopic (exact) mass is 465 g/mol. The summed E-state index contributed by atoms with van der Waals surface area (Å²) in [5.74, 6) is 0.204. The summed E-state index contributed by atoms with van der Waals surface area (Å²) < 4.78 is 44.4. The first-order valence-electron chi connectivity index (χ1n) is 10.8. The van der Waals surface area contributed by atoms with Gasteiger partial charge in [0.2, 0.25) is 11.8 Å². The number of nitrogens with zero attached hydrogens (tertiary/aromatic N) is 5. The van der Waals surface area contributed by atoms with Crippen molar-refractivity contribution in [3.63, 3.8) is 0 Å². The van der Waals surface area contributed by atoms with Crippen LogP contribution in [0.15, 0.2) is 34.9 Å². The number of hydrogen-bond acceptors (Lipinski definition) is 6. The number of benzene rings is 1. The summed E-state index contributed by atoms with van der Waals surface area (Å²) in [4.78, 5) is 35.8. The maximum atomic E-state index is 13.0. The highest BCUT2D eigenvalue weighted by atomic mass is 19.4. The Morgan fingerprint density at radius 1 is 1.00 bits per heavy atom. The number of carbonyl (C=O) groups is 2. The van der Waals surface area contributed by atoms with E-state index >= 15 is 0 Å². The van der Waals surface area contributed by atoms with E-state index in [4.69, 9.17) is 4.42 Å². The normalized spacial score (nSPS) is 18.0. The number of hydrogen-bond donors (Lipinski definition) is 0. The van der Waals surface area contributed by atoms with Crippen LogP contribution in [-0.4, -0.2) is 83.9 Å². The Labute approximate surface area is 189 Å². The highest BCUT2D eigenvalue weighted by molar-refractivity contribution is 5.92. The van der Waals surface area contributed by atoms with E-state index in [1.165, 1.54) is 25.3 Å². The molecule has 0 aliphatic carbocycles. The van der Waals surface area contributed by atoms with Crippen LogP contribution in [0.2, 0.25) is 0 Å². The first-order chi connectivity index (χ1) is 15.7. The van der Waals surface area contributed by atoms with Gasteiger partial charge in [0.25, 0.3) is 5.91 Å². The van der Waals surface area contributed by atoms with E-state index in [0.29, 0.717) is 70.5 Å². The minimum Gasteiger partial charge on any atom is -0.447 e. The molecule has 0 N–H and O–H groups in total. The number of aromatic nitrogens is 1. The van der Waals surface area contributed by atoms with Gasteiger partial charge in [-0.3, -0.25) is 14.5 Å². The highest BCUT2D eigenvalue weighted by Crippen LogP contribution is 2.32. The van der Waals surface area contributed by atoms with Crippen LogP contribution in [-0.2, 0) is 17.5 Å². The summed E-state index contributed by atoms with van der Waals surface area (Å²) in [6, 6.07) is 5.37. The van der Waals surface area contributed by atoms with Gasteiger partial charge in [0.1, 0.15) is 6.26 Å². The molecule has 33 heavy (non-hydrogen) atoms. The molecule has 2 saturated heterocycles. The smallest absolute Gasteiger partial charge is 0.416 e. The van der Waals surface area contributed by atoms with Crippen LogP contribution < -0.4 is 4.90 Å². The second kappa shape index (κ2) is 9.42. The molecule has 2 amide bonds. The minimum atomic E-state index is -4.36. The molecule has 0 spiro atoms. The Kier molecular flexibility index (Phi) is 6.59. The van der Waals surface area contributed by atoms with Gasteiger partial charge in [-0.2, -0.15) is 13.2 Å². The molecule has 2 aromatic rings. The van der Waals surface area contributed by atoms with Crippen molar-refractivity contribution < 1.29 is 27.2 Å². The van der Waals surface area contributed by atoms with Crippen molar-refractivity contribution >= 4 is 17.5 Å². The maximum Gasteiger partial charge on any atom is 0.416 e. The average molecular weight is 465 g/mol. The number of alkyl halides is 3. The Hall–Kier alpha value is -3.08. The molecule has 2 fully saturated rings. The van der Waals surface area contributed by atoms with E-state index in [2.05, 4.69) is 9.88 Å². The second-order valence-electron chi connectivity index (χ2n) is 8.24. The molecule has 0 bridgehead atoms. The molecule has 1 aromatic carbocycles. The van der Waals surface area contributed by atoms with Gasteiger partial charge in [-0.05, 0) is 18.2 Å². The number of anilines is 1. The SMILES string of the molecule is CC(=O)N1CCN(C(=O)c2coc(CN3CCN(c4cccc(C(F)(F)F)c4)CC3)n2)CC1. The van der Waals surface area contributed by atoms with Gasteiger partial charge in [0.15, 0.2) is 5.69 Å². The predicted molar refractivity (Wildman–Crippen MR) is 114 cm³/mol. The van der Waals surface area contributed by atoms with Crippen LogP contribution >= 0.6 is 0 Å². The van der Waals surface area contributed by atoms with Crippen molar-refractivity contribution in [1.29, 1.82) is 0 Å². The van der Waals surface area contributed by atoms with Crippen LogP contribution in [0.5, 0.6) is 0 Å². The van der Waals surface area contributed by atoms with Crippen LogP contribution in [0, 0.1) is 0 Å². The van der Waals surface area contributed by atoms with Crippen molar-refractivity contribution in [3.8, 4) is 0 Å². The summed E-state index contributed by atoms with van der Waals surface area (Å²) in [6.45, 7) is 6.27. The van der Waals surface area contributed by atoms with Crippen LogP contribution in [0.4, 0.5) is 18.9 Å². The van der Waals surface area contributed by atoms with Gasteiger partial charge in [-0.1, -0.05) is 6.07 Å². The van der Waals surface area contributed by atoms with E-state index in [9.17, 15) is 22.8 Å². The summed E-state index contributed by atoms with van der Waals surface area (Å²) in [5.41, 5.74) is 0.143. The van der Waals surface area contributed by atoms with E-state index in [0.717, 1.165) is 6.07 Å². The second-order valence-corrected chi connectivity index (χ2v) is 8.24. The quantitative estimate of drug-likeness (QED) is 0.690. The van der Waals surface area contributed by atoms with Crippen molar-refractivity contribution in [3.05, 3.63) is 47.7 Å². The zero-order chi connectivity index (χ0) is 23.6. The molecule has 0 saturated carbocycles. The van der Waals surface area contributed by atoms with Gasteiger partial charge in [-0.25, -0.2) is 4.98 Å². The van der Waals surface area contributed by atoms with Gasteiger partial charge in [-0.15, -0.1) is 0 Å². The van der Waals surface area contributed by atoms with E-state index in [1.54, 1.807) is 15.9 Å². The lowest BCUT2D eigenvalue weighted by molar-refractivity contribution is -0.137. The third-order valence-corrected chi connectivity index (χ3v) is 6.05. The van der Waals surface area contributed by atoms with Crippen molar-refractivity contribution in [2.45, 2.75) is 19.6 Å². The van der Waals surface area contributed by atoms with Crippen molar-refractivity contribution in [2.75, 3.05) is 57.3 Å². The molecule has 0 radical (unpaired) electrons. The first kappa shape index (κ1) is 23.1. The summed E-state index contributed by atoms with van der Waals surface area (Å²) in [7, 11) is 0. The lowest BCUT2D eigenvalue weighted by atomic mass is 10.1. The maximum absolute atomic E-state index is 13.0. The molecule has 2 aliphatic rings. The topological polar surface area (TPSA) is 73.1 Å². The standard InChI is InChI=1S/C22H26F3N5O3/c1-16(31)28-9-11-30(12-10-28)21(32)19-15-33-20(26-19)14-27-5-7-29(8-6-27)18-4-2-3-17(13-18)22(23,24)25/h2-4,13,15H,5-12,14H2,1H3. The lowest BCUT2D eigenvalue weighted by Crippen LogP contribution is -2.50. The zero-order valence-electron chi connectivity index (χ0n) is 18.3. The fourth-order valence-electron chi connectivity index (χ4n) is 4.10. The minimum absolute atomic E-state index is 0.000949. The van der Waals surface area contributed by atoms with E-state index in [1.807, 2.05) is 4.90 Å². The van der Waals surface area contributed by atoms with Crippen LogP contribution in [0.1, 0.15) is 28.9 Å². The average Bonchev–Trinajstić information content (AvgIpc) is 3.27. The summed E-state index contributed by atoms with van der Waals surface area (Å²) in [6.07, 6.45) is -3.01. The summed E-state index contributed by atoms with van der Waals surface area (Å²) >= 11 is 0. The number of halogens is 3. The molecule has 2 aliphatic heterocycles. The number of amides is 2. The van der Waals surface area contributed by atoms with E-state index < -0.39 is 11.7 Å². The fraction of sp³-hybridized carbons (Fsp3) is 0.500. The lowest BCUT2D eigenvalue weighted by Gasteiger charge is -2.35. The number of piperazine rings is 2. The largest absolute Gasteiger partial charge is 0.447 e. The molecule has 3 heterocycles. The molecule has 4 rings (SSSR count). The van der Waals surface area contributed by atoms with Crippen LogP contribution in [0.3, 0.4) is 0 Å². The molecule has 178 valence electrons. The van der Waals surface area contributed by atoms with Gasteiger partial charge in [0.05, 0.1) is 12.1 Å². The molecule has 0 atom stereocenters. The highest BCUT2D eigenvalue weighted by Gasteiger charge is 2.31. The molecule has 1 aromatic heterocycles. The Morgan fingerprint density at radius 3 is 2.30 bits per heavy atom. The van der Waals surface area contributed by atoms with Crippen molar-refractivity contribution in [2.24, 2.45) is 0 Å². The molecule has 8 nitrogen and oxygen atoms in total. The Bertz CT molecular complexity index is 993. The first-order valence-corrected chi connectivity index (χ1v) is 10.8. The number of carbonyl (C=O) groups excluding carboxylic acids is 2. The zero-order valence-corrected chi connectivity index (χ0v) is 18.3. The molecule has 11 heteroatoms. The van der Waals surface area contributed by atoms with Gasteiger partial charge < -0.3 is 19.1 Å². The number of rotatable bonds is 4. The number of oxazole rings is 1. The Morgan fingerprint density at radius 2 is 1.67 bits per heavy atom. The third-order valence-electron chi connectivity index (χ3n) is 6.05. The van der Waals surface area contributed by atoms with E-state index in [-0.39, 0.29) is 17.5 Å². The Balaban J connectivity index is 1.29. The van der Waals surface area contributed by atoms with Gasteiger partial charge in [0, 0.05) is 65.0 Å². The fourth-order valence-corrected chi connectivity index (χ4v) is 4.10. The molecule has 0 unspecified atom stereocenters. The predicted octanol–water partition coefficient (Wildman–Crippen LogP) is 2.32. The summed E-state index contributed by atoms with van der Waals surface area (Å²) in [5, 5.41) is 0. The molecular weight excluding hydrogens is 439 g/mol. The molecular formula is C22H26F3N5O3. The van der Waals surface area contributed by atoms with Crippen molar-refractivity contribution in [1.82, 2.24) is 19.7 Å².